The van der Waals surface area contributed by atoms with E-state index in [4.69, 9.17) is 0 Å². The van der Waals surface area contributed by atoms with Crippen LogP contribution < -0.4 is 0 Å². The van der Waals surface area contributed by atoms with Crippen molar-refractivity contribution in [1.82, 2.24) is 9.78 Å². The molecule has 1 fully saturated rings. The number of carbonyl (C=O) groups excluding carboxylic acids is 3. The molecule has 2 unspecified atom stereocenters. The average molecular weight is 264 g/mol. The molecule has 0 saturated heterocycles. The highest BCUT2D eigenvalue weighted by Crippen LogP contribution is 2.29. The molecule has 0 bridgehead atoms. The predicted octanol–water partition coefficient (Wildman–Crippen LogP) is 0.761. The van der Waals surface area contributed by atoms with Crippen LogP contribution in [0, 0.1) is 11.8 Å². The average Bonchev–Trinajstić information content (AvgIpc) is 2.84. The van der Waals surface area contributed by atoms with Crippen molar-refractivity contribution in [1.29, 1.82) is 0 Å². The Kier molecular flexibility index (Phi) is 3.78. The zero-order valence-electron chi connectivity index (χ0n) is 11.0. The van der Waals surface area contributed by atoms with Crippen molar-refractivity contribution >= 4 is 17.5 Å². The first-order chi connectivity index (χ1) is 9.02. The summed E-state index contributed by atoms with van der Waals surface area (Å²) in [6.45, 7) is 0. The smallest absolute Gasteiger partial charge is 0.308 e. The number of nitrogens with zero attached hydrogens (tertiary/aromatic N) is 2. The van der Waals surface area contributed by atoms with Gasteiger partial charge in [-0.1, -0.05) is 0 Å². The van der Waals surface area contributed by atoms with Crippen LogP contribution in [0.4, 0.5) is 0 Å². The van der Waals surface area contributed by atoms with Gasteiger partial charge in [0.25, 0.3) is 0 Å². The minimum absolute atomic E-state index is 0.115. The van der Waals surface area contributed by atoms with E-state index < -0.39 is 5.92 Å². The summed E-state index contributed by atoms with van der Waals surface area (Å²) < 4.78 is 6.19. The zero-order chi connectivity index (χ0) is 14.0. The summed E-state index contributed by atoms with van der Waals surface area (Å²) in [7, 11) is 3.02. The van der Waals surface area contributed by atoms with E-state index >= 15 is 0 Å². The number of aryl methyl sites for hydroxylation is 1. The van der Waals surface area contributed by atoms with Crippen LogP contribution in [0.25, 0.3) is 0 Å². The highest BCUT2D eigenvalue weighted by Gasteiger charge is 2.38. The third-order valence-electron chi connectivity index (χ3n) is 3.47. The minimum atomic E-state index is -0.771. The van der Waals surface area contributed by atoms with E-state index in [0.717, 1.165) is 0 Å². The summed E-state index contributed by atoms with van der Waals surface area (Å²) >= 11 is 0. The second-order valence-electron chi connectivity index (χ2n) is 4.75. The number of hydrogen-bond donors (Lipinski definition) is 0. The van der Waals surface area contributed by atoms with Crippen molar-refractivity contribution in [2.24, 2.45) is 18.9 Å². The lowest BCUT2D eigenvalue weighted by Gasteiger charge is -2.24. The van der Waals surface area contributed by atoms with E-state index in [1.807, 2.05) is 0 Å². The fourth-order valence-corrected chi connectivity index (χ4v) is 2.38. The molecule has 6 nitrogen and oxygen atoms in total. The lowest BCUT2D eigenvalue weighted by molar-refractivity contribution is -0.147. The lowest BCUT2D eigenvalue weighted by atomic mass is 9.78. The van der Waals surface area contributed by atoms with Crippen molar-refractivity contribution in [2.75, 3.05) is 7.11 Å². The normalized spacial score (nSPS) is 23.2. The van der Waals surface area contributed by atoms with Gasteiger partial charge in [0.05, 0.1) is 18.9 Å². The number of esters is 1. The van der Waals surface area contributed by atoms with Crippen LogP contribution in [0.2, 0.25) is 0 Å². The van der Waals surface area contributed by atoms with Gasteiger partial charge < -0.3 is 4.74 Å². The van der Waals surface area contributed by atoms with Crippen LogP contribution in [0.5, 0.6) is 0 Å². The van der Waals surface area contributed by atoms with Crippen molar-refractivity contribution in [3.63, 3.8) is 0 Å². The van der Waals surface area contributed by atoms with Gasteiger partial charge >= 0.3 is 5.97 Å². The van der Waals surface area contributed by atoms with Crippen LogP contribution in [0.15, 0.2) is 12.3 Å². The van der Waals surface area contributed by atoms with Gasteiger partial charge in [0.1, 0.15) is 11.5 Å². The number of methoxy groups -OCH3 is 1. The van der Waals surface area contributed by atoms with E-state index in [1.54, 1.807) is 19.3 Å². The monoisotopic (exact) mass is 264 g/mol. The van der Waals surface area contributed by atoms with Crippen molar-refractivity contribution < 1.29 is 19.1 Å². The van der Waals surface area contributed by atoms with E-state index in [-0.39, 0.29) is 42.0 Å². The van der Waals surface area contributed by atoms with Gasteiger partial charge in [-0.2, -0.15) is 5.10 Å². The number of ether oxygens (including phenoxy) is 1. The Bertz CT molecular complexity index is 520. The predicted molar refractivity (Wildman–Crippen MR) is 65.4 cm³/mol. The highest BCUT2D eigenvalue weighted by atomic mass is 16.5. The zero-order valence-corrected chi connectivity index (χ0v) is 11.0. The molecule has 1 heterocycles. The van der Waals surface area contributed by atoms with Crippen LogP contribution in [0.3, 0.4) is 0 Å². The second kappa shape index (κ2) is 5.34. The Morgan fingerprint density at radius 2 is 2.21 bits per heavy atom. The van der Waals surface area contributed by atoms with Gasteiger partial charge in [0.2, 0.25) is 0 Å². The molecule has 0 N–H and O–H groups in total. The summed E-state index contributed by atoms with van der Waals surface area (Å²) in [6.07, 6.45) is 2.57. The van der Waals surface area contributed by atoms with Crippen LogP contribution in [0.1, 0.15) is 29.8 Å². The summed E-state index contributed by atoms with van der Waals surface area (Å²) in [5, 5.41) is 4.01. The molecule has 2 atom stereocenters. The largest absolute Gasteiger partial charge is 0.469 e. The second-order valence-corrected chi connectivity index (χ2v) is 4.75. The number of ketones is 2. The molecule has 0 amide bonds. The number of hydrogen-bond acceptors (Lipinski definition) is 5. The first-order valence-corrected chi connectivity index (χ1v) is 6.17. The van der Waals surface area contributed by atoms with Crippen molar-refractivity contribution in [3.8, 4) is 0 Å². The quantitative estimate of drug-likeness (QED) is 0.457. The molecule has 2 rings (SSSR count). The molecule has 102 valence electrons. The Labute approximate surface area is 110 Å². The summed E-state index contributed by atoms with van der Waals surface area (Å²) in [5.41, 5.74) is 0.270. The maximum Gasteiger partial charge on any atom is 0.308 e. The fourth-order valence-electron chi connectivity index (χ4n) is 2.38. The number of carbonyl (C=O) groups is 3. The van der Waals surface area contributed by atoms with Gasteiger partial charge in [-0.15, -0.1) is 0 Å². The molecule has 0 spiro atoms. The van der Waals surface area contributed by atoms with Gasteiger partial charge in [0.15, 0.2) is 5.78 Å². The number of rotatable bonds is 3. The first kappa shape index (κ1) is 13.5. The highest BCUT2D eigenvalue weighted by molar-refractivity contribution is 6.10. The third-order valence-corrected chi connectivity index (χ3v) is 3.47. The number of Topliss-reactive ketones (excluding diaryl/α,β-unsaturated/α-hetero) is 2. The Balaban J connectivity index is 2.15. The Morgan fingerprint density at radius 3 is 2.79 bits per heavy atom. The lowest BCUT2D eigenvalue weighted by Crippen LogP contribution is -2.34. The van der Waals surface area contributed by atoms with Crippen LogP contribution >= 0.6 is 0 Å². The number of aromatic nitrogens is 2. The fraction of sp³-hybridized carbons (Fsp3) is 0.538. The maximum atomic E-state index is 12.2. The SMILES string of the molecule is COC(=O)C1CCC(=O)C(C(=O)c2ccn(C)n2)C1. The molecular formula is C13H16N2O4. The van der Waals surface area contributed by atoms with Gasteiger partial charge in [0, 0.05) is 19.7 Å². The van der Waals surface area contributed by atoms with E-state index in [9.17, 15) is 14.4 Å². The van der Waals surface area contributed by atoms with Crippen molar-refractivity contribution in [3.05, 3.63) is 18.0 Å². The molecule has 0 radical (unpaired) electrons. The molecule has 19 heavy (non-hydrogen) atoms. The summed E-state index contributed by atoms with van der Waals surface area (Å²) in [4.78, 5) is 35.6. The molecule has 0 aromatic carbocycles. The molecule has 0 aliphatic heterocycles. The minimum Gasteiger partial charge on any atom is -0.469 e. The molecule has 1 aromatic rings. The maximum absolute atomic E-state index is 12.2. The van der Waals surface area contributed by atoms with Gasteiger partial charge in [-0.25, -0.2) is 0 Å². The third kappa shape index (κ3) is 2.72. The molecule has 6 heteroatoms. The molecular weight excluding hydrogens is 248 g/mol. The molecule has 1 saturated carbocycles. The summed E-state index contributed by atoms with van der Waals surface area (Å²) in [5.74, 6) is -1.92. The topological polar surface area (TPSA) is 78.3 Å². The Hall–Kier alpha value is -1.98. The van der Waals surface area contributed by atoms with Crippen LogP contribution in [-0.4, -0.2) is 34.4 Å². The van der Waals surface area contributed by atoms with Crippen molar-refractivity contribution in [2.45, 2.75) is 19.3 Å². The molecule has 1 aromatic heterocycles. The van der Waals surface area contributed by atoms with Gasteiger partial charge in [-0.3, -0.25) is 19.1 Å². The van der Waals surface area contributed by atoms with E-state index in [1.165, 1.54) is 11.8 Å². The van der Waals surface area contributed by atoms with Crippen LogP contribution in [-0.2, 0) is 21.4 Å². The standard InChI is InChI=1S/C13H16N2O4/c1-15-6-5-10(14-15)12(17)9-7-8(13(18)19-2)3-4-11(9)16/h5-6,8-9H,3-4,7H2,1-2H3. The Morgan fingerprint density at radius 1 is 1.47 bits per heavy atom. The van der Waals surface area contributed by atoms with Gasteiger partial charge in [-0.05, 0) is 18.9 Å². The summed E-state index contributed by atoms with van der Waals surface area (Å²) in [6, 6.07) is 1.58. The molecule has 1 aliphatic rings. The molecule has 1 aliphatic carbocycles. The first-order valence-electron chi connectivity index (χ1n) is 6.17. The van der Waals surface area contributed by atoms with E-state index in [0.29, 0.717) is 6.42 Å². The van der Waals surface area contributed by atoms with E-state index in [2.05, 4.69) is 9.84 Å².